The summed E-state index contributed by atoms with van der Waals surface area (Å²) in [6.45, 7) is 8.83. The van der Waals surface area contributed by atoms with Gasteiger partial charge in [-0.15, -0.1) is 0 Å². The van der Waals surface area contributed by atoms with Gasteiger partial charge in [0.15, 0.2) is 0 Å². The number of hydrogen-bond donors (Lipinski definition) is 0. The van der Waals surface area contributed by atoms with Gasteiger partial charge in [0.1, 0.15) is 0 Å². The molecular formula is C21H18O2S2. The van der Waals surface area contributed by atoms with Crippen molar-refractivity contribution in [1.82, 2.24) is 0 Å². The van der Waals surface area contributed by atoms with Crippen molar-refractivity contribution in [2.75, 3.05) is 0 Å². The summed E-state index contributed by atoms with van der Waals surface area (Å²) >= 11 is 2.34. The first-order chi connectivity index (χ1) is 12.0. The van der Waals surface area contributed by atoms with Crippen LogP contribution in [0.5, 0.6) is 0 Å². The molecule has 0 radical (unpaired) electrons. The van der Waals surface area contributed by atoms with Gasteiger partial charge in [-0.1, -0.05) is 49.6 Å². The SMILES string of the molecule is C=CC(=O)Sc1ccc(C=Cc2ccc(SC(=O)C(=C)C)cc2)cc1. The predicted molar refractivity (Wildman–Crippen MR) is 109 cm³/mol. The van der Waals surface area contributed by atoms with Gasteiger partial charge in [0.25, 0.3) is 0 Å². The van der Waals surface area contributed by atoms with Gasteiger partial charge < -0.3 is 0 Å². The third kappa shape index (κ3) is 6.25. The van der Waals surface area contributed by atoms with E-state index in [0.717, 1.165) is 32.7 Å². The maximum Gasteiger partial charge on any atom is 0.219 e. The van der Waals surface area contributed by atoms with Crippen LogP contribution in [0, 0.1) is 0 Å². The molecule has 2 aromatic rings. The zero-order chi connectivity index (χ0) is 18.2. The lowest BCUT2D eigenvalue weighted by atomic mass is 10.1. The Hall–Kier alpha value is -2.30. The van der Waals surface area contributed by atoms with Crippen LogP contribution >= 0.6 is 23.5 Å². The number of carbonyl (C=O) groups is 2. The summed E-state index contributed by atoms with van der Waals surface area (Å²) in [6, 6.07) is 15.5. The molecule has 0 unspecified atom stereocenters. The number of hydrogen-bond acceptors (Lipinski definition) is 4. The van der Waals surface area contributed by atoms with Crippen molar-refractivity contribution in [3.05, 3.63) is 84.5 Å². The summed E-state index contributed by atoms with van der Waals surface area (Å²) in [5.41, 5.74) is 2.64. The molecule has 0 heterocycles. The first-order valence-electron chi connectivity index (χ1n) is 7.58. The summed E-state index contributed by atoms with van der Waals surface area (Å²) < 4.78 is 0. The van der Waals surface area contributed by atoms with Crippen molar-refractivity contribution >= 4 is 45.9 Å². The van der Waals surface area contributed by atoms with Crippen LogP contribution < -0.4 is 0 Å². The second-order valence-corrected chi connectivity index (χ2v) is 7.39. The first-order valence-corrected chi connectivity index (χ1v) is 9.21. The molecule has 0 N–H and O–H groups in total. The molecule has 0 atom stereocenters. The van der Waals surface area contributed by atoms with Crippen molar-refractivity contribution in [3.8, 4) is 0 Å². The zero-order valence-corrected chi connectivity index (χ0v) is 15.5. The molecule has 0 bridgehead atoms. The standard InChI is InChI=1S/C21H18O2S2/c1-4-20(22)24-18-11-7-16(8-12-18)5-6-17-9-13-19(14-10-17)25-21(23)15(2)3/h4-14H,1-2H2,3H3. The van der Waals surface area contributed by atoms with E-state index >= 15 is 0 Å². The Balaban J connectivity index is 1.99. The smallest absolute Gasteiger partial charge is 0.219 e. The minimum Gasteiger partial charge on any atom is -0.282 e. The zero-order valence-electron chi connectivity index (χ0n) is 13.9. The molecule has 2 nitrogen and oxygen atoms in total. The summed E-state index contributed by atoms with van der Waals surface area (Å²) in [4.78, 5) is 24.7. The van der Waals surface area contributed by atoms with E-state index in [9.17, 15) is 9.59 Å². The largest absolute Gasteiger partial charge is 0.282 e. The van der Waals surface area contributed by atoms with E-state index in [1.54, 1.807) is 6.92 Å². The number of rotatable bonds is 6. The van der Waals surface area contributed by atoms with Crippen LogP contribution in [0.2, 0.25) is 0 Å². The van der Waals surface area contributed by atoms with Gasteiger partial charge in [-0.3, -0.25) is 9.59 Å². The van der Waals surface area contributed by atoms with E-state index in [2.05, 4.69) is 13.2 Å². The first kappa shape index (κ1) is 19.0. The molecule has 25 heavy (non-hydrogen) atoms. The lowest BCUT2D eigenvalue weighted by Gasteiger charge is -2.01. The summed E-state index contributed by atoms with van der Waals surface area (Å²) in [5, 5.41) is -0.0810. The molecular weight excluding hydrogens is 348 g/mol. The second kappa shape index (κ2) is 9.25. The molecule has 0 fully saturated rings. The predicted octanol–water partition coefficient (Wildman–Crippen LogP) is 5.86. The van der Waals surface area contributed by atoms with Crippen LogP contribution in [-0.4, -0.2) is 10.2 Å². The van der Waals surface area contributed by atoms with Crippen LogP contribution in [0.25, 0.3) is 12.2 Å². The minimum absolute atomic E-state index is 0.0174. The molecule has 0 aliphatic carbocycles. The normalized spacial score (nSPS) is 10.6. The molecule has 0 spiro atoms. The Morgan fingerprint density at radius 1 is 0.840 bits per heavy atom. The minimum atomic E-state index is -0.0635. The average molecular weight is 367 g/mol. The van der Waals surface area contributed by atoms with Gasteiger partial charge in [0.2, 0.25) is 10.2 Å². The van der Waals surface area contributed by atoms with E-state index in [1.807, 2.05) is 60.7 Å². The molecule has 2 rings (SSSR count). The van der Waals surface area contributed by atoms with Crippen LogP contribution in [0.1, 0.15) is 18.1 Å². The highest BCUT2D eigenvalue weighted by atomic mass is 32.2. The van der Waals surface area contributed by atoms with E-state index in [0.29, 0.717) is 5.57 Å². The summed E-state index contributed by atoms with van der Waals surface area (Å²) in [7, 11) is 0. The fourth-order valence-corrected chi connectivity index (χ4v) is 3.09. The lowest BCUT2D eigenvalue weighted by Crippen LogP contribution is -1.90. The number of thioether (sulfide) groups is 2. The van der Waals surface area contributed by atoms with Crippen LogP contribution in [0.15, 0.2) is 83.1 Å². The van der Waals surface area contributed by atoms with E-state index < -0.39 is 0 Å². The molecule has 2 aromatic carbocycles. The third-order valence-electron chi connectivity index (χ3n) is 3.17. The summed E-state index contributed by atoms with van der Waals surface area (Å²) in [6.07, 6.45) is 5.32. The maximum atomic E-state index is 11.6. The van der Waals surface area contributed by atoms with Crippen LogP contribution in [0.3, 0.4) is 0 Å². The molecule has 0 aliphatic heterocycles. The van der Waals surface area contributed by atoms with Crippen molar-refractivity contribution in [2.24, 2.45) is 0 Å². The lowest BCUT2D eigenvalue weighted by molar-refractivity contribution is -0.108. The number of carbonyl (C=O) groups excluding carboxylic acids is 2. The molecule has 0 saturated carbocycles. The van der Waals surface area contributed by atoms with Crippen molar-refractivity contribution in [2.45, 2.75) is 16.7 Å². The molecule has 126 valence electrons. The molecule has 0 saturated heterocycles. The fourth-order valence-electron chi connectivity index (χ4n) is 1.84. The fraction of sp³-hybridized carbons (Fsp3) is 0.0476. The van der Waals surface area contributed by atoms with Gasteiger partial charge >= 0.3 is 0 Å². The molecule has 0 aromatic heterocycles. The van der Waals surface area contributed by atoms with Gasteiger partial charge in [0, 0.05) is 9.79 Å². The molecule has 0 aliphatic rings. The Bertz CT molecular complexity index is 816. The molecule has 0 amide bonds. The Kier molecular flexibility index (Phi) is 7.04. The van der Waals surface area contributed by atoms with Crippen molar-refractivity contribution in [1.29, 1.82) is 0 Å². The highest BCUT2D eigenvalue weighted by Gasteiger charge is 2.04. The quantitative estimate of drug-likeness (QED) is 0.364. The number of benzene rings is 2. The monoisotopic (exact) mass is 366 g/mol. The van der Waals surface area contributed by atoms with E-state index in [4.69, 9.17) is 0 Å². The van der Waals surface area contributed by atoms with E-state index in [-0.39, 0.29) is 10.2 Å². The maximum absolute atomic E-state index is 11.6. The van der Waals surface area contributed by atoms with Crippen molar-refractivity contribution < 1.29 is 9.59 Å². The highest BCUT2D eigenvalue weighted by Crippen LogP contribution is 2.23. The molecule has 4 heteroatoms. The average Bonchev–Trinajstić information content (AvgIpc) is 2.62. The van der Waals surface area contributed by atoms with Crippen LogP contribution in [-0.2, 0) is 9.59 Å². The Morgan fingerprint density at radius 3 is 1.68 bits per heavy atom. The second-order valence-electron chi connectivity index (χ2n) is 5.27. The van der Waals surface area contributed by atoms with Crippen molar-refractivity contribution in [3.63, 3.8) is 0 Å². The van der Waals surface area contributed by atoms with Gasteiger partial charge in [0.05, 0.1) is 0 Å². The highest BCUT2D eigenvalue weighted by molar-refractivity contribution is 8.14. The summed E-state index contributed by atoms with van der Waals surface area (Å²) in [5.74, 6) is 0. The third-order valence-corrected chi connectivity index (χ3v) is 5.09. The van der Waals surface area contributed by atoms with Gasteiger partial charge in [-0.2, -0.15) is 0 Å². The topological polar surface area (TPSA) is 34.1 Å². The van der Waals surface area contributed by atoms with Gasteiger partial charge in [-0.25, -0.2) is 0 Å². The van der Waals surface area contributed by atoms with E-state index in [1.165, 1.54) is 17.8 Å². The van der Waals surface area contributed by atoms with Gasteiger partial charge in [-0.05, 0) is 77.5 Å². The Morgan fingerprint density at radius 2 is 1.28 bits per heavy atom. The Labute approximate surface area is 156 Å². The van der Waals surface area contributed by atoms with Crippen LogP contribution in [0.4, 0.5) is 0 Å².